The Balaban J connectivity index is 2.85. The van der Waals surface area contributed by atoms with Gasteiger partial charge in [-0.05, 0) is 25.1 Å². The van der Waals surface area contributed by atoms with E-state index in [-0.39, 0.29) is 0 Å². The van der Waals surface area contributed by atoms with Crippen LogP contribution in [0.2, 0.25) is 0 Å². The molecule has 0 fully saturated rings. The fourth-order valence-corrected chi connectivity index (χ4v) is 0.819. The van der Waals surface area contributed by atoms with Crippen LogP contribution in [-0.2, 0) is 0 Å². The molecule has 0 aliphatic heterocycles. The molecule has 1 heterocycles. The van der Waals surface area contributed by atoms with Gasteiger partial charge in [-0.25, -0.2) is 0 Å². The molecule has 0 saturated carbocycles. The van der Waals surface area contributed by atoms with Gasteiger partial charge >= 0.3 is 0 Å². The predicted octanol–water partition coefficient (Wildman–Crippen LogP) is 1.96. The Hall–Kier alpha value is -1.57. The fraction of sp³-hybridized carbons (Fsp3) is 0.100. The third-order valence-electron chi connectivity index (χ3n) is 1.43. The lowest BCUT2D eigenvalue weighted by atomic mass is 10.2. The van der Waals surface area contributed by atoms with Crippen LogP contribution in [0.4, 0.5) is 0 Å². The zero-order valence-corrected chi connectivity index (χ0v) is 7.07. The van der Waals surface area contributed by atoms with E-state index in [4.69, 9.17) is 5.73 Å². The molecule has 1 aromatic heterocycles. The van der Waals surface area contributed by atoms with E-state index in [1.165, 1.54) is 0 Å². The van der Waals surface area contributed by atoms with Crippen molar-refractivity contribution in [3.63, 3.8) is 0 Å². The molecule has 2 heteroatoms. The summed E-state index contributed by atoms with van der Waals surface area (Å²) in [7, 11) is 0. The summed E-state index contributed by atoms with van der Waals surface area (Å²) < 4.78 is 0. The van der Waals surface area contributed by atoms with E-state index in [9.17, 15) is 0 Å². The van der Waals surface area contributed by atoms with Crippen molar-refractivity contribution in [2.45, 2.75) is 6.92 Å². The standard InChI is InChI=1S/C10H12N2/c1-2-3-6-9(11)10-7-4-5-8-12-10/h2-8H,11H2,1H3/b3-2-,9-6-. The molecule has 2 nitrogen and oxygen atoms in total. The van der Waals surface area contributed by atoms with Gasteiger partial charge in [0.25, 0.3) is 0 Å². The summed E-state index contributed by atoms with van der Waals surface area (Å²) in [6.45, 7) is 1.95. The molecule has 1 rings (SSSR count). The highest BCUT2D eigenvalue weighted by Gasteiger charge is 1.92. The number of hydrogen-bond acceptors (Lipinski definition) is 2. The van der Waals surface area contributed by atoms with Gasteiger partial charge in [-0.1, -0.05) is 18.2 Å². The average molecular weight is 160 g/mol. The predicted molar refractivity (Wildman–Crippen MR) is 51.2 cm³/mol. The van der Waals surface area contributed by atoms with Gasteiger partial charge < -0.3 is 5.73 Å². The van der Waals surface area contributed by atoms with E-state index in [2.05, 4.69) is 4.98 Å². The molecule has 0 radical (unpaired) electrons. The van der Waals surface area contributed by atoms with Gasteiger partial charge in [0.2, 0.25) is 0 Å². The van der Waals surface area contributed by atoms with Crippen molar-refractivity contribution < 1.29 is 0 Å². The van der Waals surface area contributed by atoms with Crippen molar-refractivity contribution in [2.75, 3.05) is 0 Å². The molecule has 62 valence electrons. The average Bonchev–Trinajstić information content (AvgIpc) is 2.15. The normalized spacial score (nSPS) is 12.2. The lowest BCUT2D eigenvalue weighted by Crippen LogP contribution is -1.97. The molecule has 0 saturated heterocycles. The van der Waals surface area contributed by atoms with Crippen molar-refractivity contribution in [1.29, 1.82) is 0 Å². The lowest BCUT2D eigenvalue weighted by molar-refractivity contribution is 1.26. The topological polar surface area (TPSA) is 38.9 Å². The Bertz CT molecular complexity index is 286. The van der Waals surface area contributed by atoms with Gasteiger partial charge in [0.05, 0.1) is 11.4 Å². The highest BCUT2D eigenvalue weighted by molar-refractivity contribution is 5.60. The van der Waals surface area contributed by atoms with Gasteiger partial charge in [-0.15, -0.1) is 0 Å². The third kappa shape index (κ3) is 2.23. The lowest BCUT2D eigenvalue weighted by Gasteiger charge is -1.96. The van der Waals surface area contributed by atoms with Gasteiger partial charge in [0.1, 0.15) is 0 Å². The van der Waals surface area contributed by atoms with Gasteiger partial charge in [0.15, 0.2) is 0 Å². The van der Waals surface area contributed by atoms with Crippen LogP contribution in [0.5, 0.6) is 0 Å². The van der Waals surface area contributed by atoms with E-state index in [1.807, 2.05) is 43.4 Å². The Labute approximate surface area is 72.4 Å². The number of allylic oxidation sites excluding steroid dienone is 3. The van der Waals surface area contributed by atoms with Crippen molar-refractivity contribution in [3.05, 3.63) is 48.3 Å². The quantitative estimate of drug-likeness (QED) is 0.671. The monoisotopic (exact) mass is 160 g/mol. The fourth-order valence-electron chi connectivity index (χ4n) is 0.819. The minimum absolute atomic E-state index is 0.689. The zero-order chi connectivity index (χ0) is 8.81. The summed E-state index contributed by atoms with van der Waals surface area (Å²) in [6.07, 6.45) is 7.38. The second-order valence-corrected chi connectivity index (χ2v) is 2.36. The minimum Gasteiger partial charge on any atom is -0.397 e. The molecule has 0 aromatic carbocycles. The van der Waals surface area contributed by atoms with E-state index < -0.39 is 0 Å². The largest absolute Gasteiger partial charge is 0.397 e. The van der Waals surface area contributed by atoms with Crippen LogP contribution >= 0.6 is 0 Å². The minimum atomic E-state index is 0.689. The molecule has 0 unspecified atom stereocenters. The number of aromatic nitrogens is 1. The molecular formula is C10H12N2. The van der Waals surface area contributed by atoms with E-state index in [1.54, 1.807) is 6.20 Å². The van der Waals surface area contributed by atoms with Crippen molar-refractivity contribution in [1.82, 2.24) is 4.98 Å². The molecule has 0 spiro atoms. The summed E-state index contributed by atoms with van der Waals surface area (Å²) in [6, 6.07) is 5.67. The second kappa shape index (κ2) is 4.34. The van der Waals surface area contributed by atoms with E-state index in [0.717, 1.165) is 5.69 Å². The molecule has 0 bridgehead atoms. The molecule has 0 atom stereocenters. The Morgan fingerprint density at radius 3 is 2.92 bits per heavy atom. The number of hydrogen-bond donors (Lipinski definition) is 1. The first kappa shape index (κ1) is 8.53. The van der Waals surface area contributed by atoms with Crippen molar-refractivity contribution in [3.8, 4) is 0 Å². The maximum absolute atomic E-state index is 5.73. The van der Waals surface area contributed by atoms with Crippen molar-refractivity contribution in [2.24, 2.45) is 5.73 Å². The molecule has 12 heavy (non-hydrogen) atoms. The van der Waals surface area contributed by atoms with Crippen molar-refractivity contribution >= 4 is 5.70 Å². The first-order valence-electron chi connectivity index (χ1n) is 3.84. The highest BCUT2D eigenvalue weighted by atomic mass is 14.7. The molecule has 0 amide bonds. The molecule has 0 aliphatic rings. The van der Waals surface area contributed by atoms with E-state index >= 15 is 0 Å². The second-order valence-electron chi connectivity index (χ2n) is 2.36. The summed E-state index contributed by atoms with van der Waals surface area (Å²) >= 11 is 0. The highest BCUT2D eigenvalue weighted by Crippen LogP contribution is 2.03. The Kier molecular flexibility index (Phi) is 3.08. The Morgan fingerprint density at radius 2 is 2.33 bits per heavy atom. The van der Waals surface area contributed by atoms with Crippen LogP contribution in [0.15, 0.2) is 42.6 Å². The van der Waals surface area contributed by atoms with Crippen LogP contribution in [0.1, 0.15) is 12.6 Å². The molecular weight excluding hydrogens is 148 g/mol. The maximum Gasteiger partial charge on any atom is 0.0858 e. The number of nitrogens with two attached hydrogens (primary N) is 1. The van der Waals surface area contributed by atoms with E-state index in [0.29, 0.717) is 5.70 Å². The smallest absolute Gasteiger partial charge is 0.0858 e. The maximum atomic E-state index is 5.73. The summed E-state index contributed by atoms with van der Waals surface area (Å²) in [5.41, 5.74) is 7.23. The third-order valence-corrected chi connectivity index (χ3v) is 1.43. The van der Waals surface area contributed by atoms with Gasteiger partial charge in [0, 0.05) is 6.20 Å². The van der Waals surface area contributed by atoms with Gasteiger partial charge in [-0.2, -0.15) is 0 Å². The van der Waals surface area contributed by atoms with Crippen LogP contribution in [0.25, 0.3) is 5.70 Å². The number of nitrogens with zero attached hydrogens (tertiary/aromatic N) is 1. The van der Waals surface area contributed by atoms with Crippen LogP contribution in [-0.4, -0.2) is 4.98 Å². The molecule has 2 N–H and O–H groups in total. The summed E-state index contributed by atoms with van der Waals surface area (Å²) in [4.78, 5) is 4.10. The number of rotatable bonds is 2. The molecule has 0 aliphatic carbocycles. The summed E-state index contributed by atoms with van der Waals surface area (Å²) in [5.74, 6) is 0. The SMILES string of the molecule is C/C=C\C=C(/N)c1ccccn1. The zero-order valence-electron chi connectivity index (χ0n) is 7.07. The molecule has 1 aromatic rings. The summed E-state index contributed by atoms with van der Waals surface area (Å²) in [5, 5.41) is 0. The number of pyridine rings is 1. The van der Waals surface area contributed by atoms with Crippen LogP contribution in [0, 0.1) is 0 Å². The first-order valence-corrected chi connectivity index (χ1v) is 3.84. The Morgan fingerprint density at radius 1 is 1.50 bits per heavy atom. The van der Waals surface area contributed by atoms with Crippen LogP contribution in [0.3, 0.4) is 0 Å². The van der Waals surface area contributed by atoms with Crippen LogP contribution < -0.4 is 5.73 Å². The first-order chi connectivity index (χ1) is 5.84. The van der Waals surface area contributed by atoms with Gasteiger partial charge in [-0.3, -0.25) is 4.98 Å².